The summed E-state index contributed by atoms with van der Waals surface area (Å²) in [6.07, 6.45) is 4.58. The summed E-state index contributed by atoms with van der Waals surface area (Å²) in [5.41, 5.74) is 5.55. The van der Waals surface area contributed by atoms with Gasteiger partial charge in [0.1, 0.15) is 11.5 Å². The number of hydrazine groups is 1. The van der Waals surface area contributed by atoms with Gasteiger partial charge in [-0.3, -0.25) is 20.4 Å². The summed E-state index contributed by atoms with van der Waals surface area (Å²) in [5.74, 6) is 0.298. The number of ether oxygens (including phenoxy) is 2. The van der Waals surface area contributed by atoms with Gasteiger partial charge in [-0.15, -0.1) is 0 Å². The zero-order chi connectivity index (χ0) is 19.5. The first-order valence-electron chi connectivity index (χ1n) is 9.12. The van der Waals surface area contributed by atoms with E-state index in [0.29, 0.717) is 23.5 Å². The highest BCUT2D eigenvalue weighted by molar-refractivity contribution is 6.00. The largest absolute Gasteiger partial charge is 0.496 e. The highest BCUT2D eigenvalue weighted by Crippen LogP contribution is 2.17. The summed E-state index contributed by atoms with van der Waals surface area (Å²) in [7, 11) is 1.48. The van der Waals surface area contributed by atoms with E-state index in [1.165, 1.54) is 20.0 Å². The summed E-state index contributed by atoms with van der Waals surface area (Å²) >= 11 is 0. The first-order chi connectivity index (χ1) is 13.2. The van der Waals surface area contributed by atoms with E-state index in [9.17, 15) is 9.59 Å². The molecule has 2 aromatic carbocycles. The van der Waals surface area contributed by atoms with E-state index in [4.69, 9.17) is 9.47 Å². The van der Waals surface area contributed by atoms with Gasteiger partial charge in [0.2, 0.25) is 0 Å². The van der Waals surface area contributed by atoms with Crippen LogP contribution in [-0.4, -0.2) is 25.5 Å². The number of rotatable bonds is 9. The normalized spacial score (nSPS) is 10.1. The van der Waals surface area contributed by atoms with Crippen LogP contribution in [0.5, 0.6) is 11.5 Å². The van der Waals surface area contributed by atoms with E-state index in [-0.39, 0.29) is 0 Å². The van der Waals surface area contributed by atoms with E-state index in [2.05, 4.69) is 17.8 Å². The maximum atomic E-state index is 12.2. The summed E-state index contributed by atoms with van der Waals surface area (Å²) in [6.45, 7) is 2.84. The van der Waals surface area contributed by atoms with Crippen LogP contribution in [0.25, 0.3) is 0 Å². The number of nitrogens with one attached hydrogen (secondary N) is 2. The van der Waals surface area contributed by atoms with E-state index >= 15 is 0 Å². The van der Waals surface area contributed by atoms with Crippen molar-refractivity contribution in [2.75, 3.05) is 13.7 Å². The zero-order valence-corrected chi connectivity index (χ0v) is 15.8. The number of amides is 2. The zero-order valence-electron chi connectivity index (χ0n) is 15.8. The van der Waals surface area contributed by atoms with E-state index in [1.807, 2.05) is 0 Å². The van der Waals surface area contributed by atoms with Gasteiger partial charge in [-0.1, -0.05) is 38.3 Å². The molecule has 6 heteroatoms. The van der Waals surface area contributed by atoms with Gasteiger partial charge in [0.25, 0.3) is 11.8 Å². The molecular formula is C21H26N2O4. The summed E-state index contributed by atoms with van der Waals surface area (Å²) in [6, 6.07) is 13.6. The lowest BCUT2D eigenvalue weighted by molar-refractivity contribution is 0.0845. The Kier molecular flexibility index (Phi) is 8.16. The first-order valence-corrected chi connectivity index (χ1v) is 9.12. The molecule has 0 heterocycles. The van der Waals surface area contributed by atoms with Gasteiger partial charge in [-0.25, -0.2) is 0 Å². The smallest absolute Gasteiger partial charge is 0.273 e. The third kappa shape index (κ3) is 6.33. The quantitative estimate of drug-likeness (QED) is 0.521. The number of carbonyl (C=O) groups excluding carboxylic acids is 2. The van der Waals surface area contributed by atoms with Crippen molar-refractivity contribution in [1.29, 1.82) is 0 Å². The molecular weight excluding hydrogens is 344 g/mol. The molecule has 0 radical (unpaired) electrons. The van der Waals surface area contributed by atoms with Gasteiger partial charge in [-0.05, 0) is 42.8 Å². The topological polar surface area (TPSA) is 76.7 Å². The molecule has 0 aliphatic rings. The molecule has 2 aromatic rings. The lowest BCUT2D eigenvalue weighted by Gasteiger charge is -2.10. The SMILES string of the molecule is CCCCCCOc1ccc(C(=O)NNC(=O)c2ccccc2OC)cc1. The number of hydrogen-bond acceptors (Lipinski definition) is 4. The Labute approximate surface area is 159 Å². The van der Waals surface area contributed by atoms with Gasteiger partial charge in [0.05, 0.1) is 19.3 Å². The summed E-state index contributed by atoms with van der Waals surface area (Å²) < 4.78 is 10.8. The summed E-state index contributed by atoms with van der Waals surface area (Å²) in [4.78, 5) is 24.4. The standard InChI is InChI=1S/C21H26N2O4/c1-3-4-5-8-15-27-17-13-11-16(12-14-17)20(24)22-23-21(25)18-9-6-7-10-19(18)26-2/h6-7,9-14H,3-5,8,15H2,1-2H3,(H,22,24)(H,23,25). The minimum atomic E-state index is -0.451. The molecule has 6 nitrogen and oxygen atoms in total. The predicted molar refractivity (Wildman–Crippen MR) is 104 cm³/mol. The van der Waals surface area contributed by atoms with Crippen LogP contribution in [0.2, 0.25) is 0 Å². The van der Waals surface area contributed by atoms with Crippen molar-refractivity contribution in [2.45, 2.75) is 32.6 Å². The Morgan fingerprint density at radius 1 is 0.889 bits per heavy atom. The number of carbonyl (C=O) groups is 2. The van der Waals surface area contributed by atoms with Gasteiger partial charge >= 0.3 is 0 Å². The molecule has 2 N–H and O–H groups in total. The molecule has 144 valence electrons. The van der Waals surface area contributed by atoms with Crippen LogP contribution in [0.1, 0.15) is 53.3 Å². The van der Waals surface area contributed by atoms with Gasteiger partial charge in [0, 0.05) is 5.56 Å². The van der Waals surface area contributed by atoms with Crippen LogP contribution in [0, 0.1) is 0 Å². The van der Waals surface area contributed by atoms with Crippen LogP contribution in [-0.2, 0) is 0 Å². The molecule has 0 fully saturated rings. The van der Waals surface area contributed by atoms with E-state index < -0.39 is 11.8 Å². The Balaban J connectivity index is 1.82. The summed E-state index contributed by atoms with van der Waals surface area (Å²) in [5, 5.41) is 0. The molecule has 0 saturated carbocycles. The lowest BCUT2D eigenvalue weighted by Crippen LogP contribution is -2.41. The molecule has 27 heavy (non-hydrogen) atoms. The van der Waals surface area contributed by atoms with Gasteiger partial charge in [0.15, 0.2) is 0 Å². The van der Waals surface area contributed by atoms with Crippen LogP contribution in [0.3, 0.4) is 0 Å². The maximum Gasteiger partial charge on any atom is 0.273 e. The van der Waals surface area contributed by atoms with Crippen molar-refractivity contribution in [1.82, 2.24) is 10.9 Å². The second kappa shape index (κ2) is 10.9. The Bertz CT molecular complexity index is 744. The molecule has 0 aromatic heterocycles. The maximum absolute atomic E-state index is 12.2. The monoisotopic (exact) mass is 370 g/mol. The predicted octanol–water partition coefficient (Wildman–Crippen LogP) is 3.73. The van der Waals surface area contributed by atoms with Crippen molar-refractivity contribution >= 4 is 11.8 Å². The molecule has 2 amide bonds. The Morgan fingerprint density at radius 3 is 2.30 bits per heavy atom. The molecule has 2 rings (SSSR count). The fourth-order valence-electron chi connectivity index (χ4n) is 2.51. The Hall–Kier alpha value is -3.02. The van der Waals surface area contributed by atoms with Gasteiger partial charge < -0.3 is 9.47 Å². The van der Waals surface area contributed by atoms with E-state index in [1.54, 1.807) is 48.5 Å². The number of unbranched alkanes of at least 4 members (excludes halogenated alkanes) is 3. The van der Waals surface area contributed by atoms with Crippen molar-refractivity contribution in [2.24, 2.45) is 0 Å². The van der Waals surface area contributed by atoms with Crippen LogP contribution >= 0.6 is 0 Å². The van der Waals surface area contributed by atoms with Crippen LogP contribution in [0.15, 0.2) is 48.5 Å². The minimum absolute atomic E-state index is 0.340. The van der Waals surface area contributed by atoms with Gasteiger partial charge in [-0.2, -0.15) is 0 Å². The molecule has 0 atom stereocenters. The van der Waals surface area contributed by atoms with E-state index in [0.717, 1.165) is 18.6 Å². The number of methoxy groups -OCH3 is 1. The highest BCUT2D eigenvalue weighted by Gasteiger charge is 2.13. The molecule has 0 bridgehead atoms. The number of hydrogen-bond donors (Lipinski definition) is 2. The average molecular weight is 370 g/mol. The highest BCUT2D eigenvalue weighted by atomic mass is 16.5. The number of para-hydroxylation sites is 1. The minimum Gasteiger partial charge on any atom is -0.496 e. The Morgan fingerprint density at radius 2 is 1.59 bits per heavy atom. The lowest BCUT2D eigenvalue weighted by atomic mass is 10.2. The van der Waals surface area contributed by atoms with Crippen molar-refractivity contribution in [3.05, 3.63) is 59.7 Å². The van der Waals surface area contributed by atoms with Crippen LogP contribution < -0.4 is 20.3 Å². The second-order valence-corrected chi connectivity index (χ2v) is 6.04. The average Bonchev–Trinajstić information content (AvgIpc) is 2.72. The fourth-order valence-corrected chi connectivity index (χ4v) is 2.51. The third-order valence-electron chi connectivity index (χ3n) is 4.02. The third-order valence-corrected chi connectivity index (χ3v) is 4.02. The molecule has 0 unspecified atom stereocenters. The first kappa shape index (κ1) is 20.3. The van der Waals surface area contributed by atoms with Crippen molar-refractivity contribution < 1.29 is 19.1 Å². The second-order valence-electron chi connectivity index (χ2n) is 6.04. The van der Waals surface area contributed by atoms with Crippen molar-refractivity contribution in [3.8, 4) is 11.5 Å². The molecule has 0 spiro atoms. The fraction of sp³-hybridized carbons (Fsp3) is 0.333. The van der Waals surface area contributed by atoms with Crippen molar-refractivity contribution in [3.63, 3.8) is 0 Å². The number of benzene rings is 2. The molecule has 0 aliphatic carbocycles. The molecule has 0 saturated heterocycles. The molecule has 0 aliphatic heterocycles. The van der Waals surface area contributed by atoms with Crippen LogP contribution in [0.4, 0.5) is 0 Å².